The number of benzene rings is 1. The Bertz CT molecular complexity index is 252. The van der Waals surface area contributed by atoms with Gasteiger partial charge in [-0.3, -0.25) is 0 Å². The predicted octanol–water partition coefficient (Wildman–Crippen LogP) is 1.90. The van der Waals surface area contributed by atoms with E-state index in [1.807, 2.05) is 19.1 Å². The second-order valence-corrected chi connectivity index (χ2v) is 2.66. The van der Waals surface area contributed by atoms with Crippen molar-refractivity contribution < 1.29 is 9.23 Å². The van der Waals surface area contributed by atoms with Crippen molar-refractivity contribution in [3.8, 4) is 0 Å². The molecule has 0 saturated carbocycles. The van der Waals surface area contributed by atoms with E-state index in [0.29, 0.717) is 5.56 Å². The average molecular weight is 169 g/mol. The van der Waals surface area contributed by atoms with Crippen molar-refractivity contribution in [2.45, 2.75) is 13.1 Å². The number of aryl methyl sites for hydroxylation is 1. The first-order chi connectivity index (χ1) is 5.75. The van der Waals surface area contributed by atoms with Crippen LogP contribution in [0.5, 0.6) is 0 Å². The third-order valence-electron chi connectivity index (χ3n) is 1.77. The summed E-state index contributed by atoms with van der Waals surface area (Å²) in [6.07, 6.45) is -1.13. The second-order valence-electron chi connectivity index (χ2n) is 2.66. The van der Waals surface area contributed by atoms with E-state index in [-0.39, 0.29) is 6.61 Å². The molecule has 0 aliphatic carbocycles. The largest absolute Gasteiger partial charge is 0.301 e. The van der Waals surface area contributed by atoms with Gasteiger partial charge in [-0.05, 0) is 18.1 Å². The molecule has 12 heavy (non-hydrogen) atoms. The number of hydrogen-bond acceptors (Lipinski definition) is 2. The summed E-state index contributed by atoms with van der Waals surface area (Å²) < 4.78 is 13.2. The number of hydrogen-bond donors (Lipinski definition) is 1. The van der Waals surface area contributed by atoms with Gasteiger partial charge < -0.3 is 4.84 Å². The lowest BCUT2D eigenvalue weighted by Crippen LogP contribution is -2.08. The van der Waals surface area contributed by atoms with Gasteiger partial charge in [-0.2, -0.15) is 0 Å². The molecule has 0 heterocycles. The van der Waals surface area contributed by atoms with Crippen LogP contribution in [0.3, 0.4) is 0 Å². The fourth-order valence-electron chi connectivity index (χ4n) is 1.11. The molecule has 0 radical (unpaired) electrons. The third-order valence-corrected chi connectivity index (χ3v) is 1.77. The van der Waals surface area contributed by atoms with Gasteiger partial charge in [0.1, 0.15) is 6.61 Å². The molecule has 66 valence electrons. The Morgan fingerprint density at radius 3 is 2.75 bits per heavy atom. The molecule has 0 spiro atoms. The number of rotatable bonds is 3. The molecule has 2 nitrogen and oxygen atoms in total. The molecule has 1 atom stereocenters. The molecular formula is C9H12FNO. The van der Waals surface area contributed by atoms with Crippen LogP contribution in [-0.4, -0.2) is 6.61 Å². The predicted molar refractivity (Wildman–Crippen MR) is 45.2 cm³/mol. The Morgan fingerprint density at radius 1 is 1.50 bits per heavy atom. The maximum absolute atomic E-state index is 13.2. The third kappa shape index (κ3) is 2.03. The Morgan fingerprint density at radius 2 is 2.17 bits per heavy atom. The van der Waals surface area contributed by atoms with E-state index in [9.17, 15) is 4.39 Å². The van der Waals surface area contributed by atoms with Crippen LogP contribution >= 0.6 is 0 Å². The SMILES string of the molecule is Cc1ccccc1C(F)CON. The van der Waals surface area contributed by atoms with Gasteiger partial charge in [0.15, 0.2) is 6.17 Å². The van der Waals surface area contributed by atoms with Gasteiger partial charge >= 0.3 is 0 Å². The Kier molecular flexibility index (Phi) is 3.19. The monoisotopic (exact) mass is 169 g/mol. The zero-order valence-electron chi connectivity index (χ0n) is 6.96. The molecule has 2 N–H and O–H groups in total. The lowest BCUT2D eigenvalue weighted by atomic mass is 10.1. The van der Waals surface area contributed by atoms with Crippen LogP contribution in [0.25, 0.3) is 0 Å². The molecule has 0 aromatic heterocycles. The molecule has 0 amide bonds. The van der Waals surface area contributed by atoms with Crippen LogP contribution in [0.4, 0.5) is 4.39 Å². The minimum atomic E-state index is -1.13. The summed E-state index contributed by atoms with van der Waals surface area (Å²) in [6, 6.07) is 7.26. The van der Waals surface area contributed by atoms with Gasteiger partial charge in [0, 0.05) is 0 Å². The topological polar surface area (TPSA) is 35.2 Å². The van der Waals surface area contributed by atoms with Crippen molar-refractivity contribution in [2.24, 2.45) is 5.90 Å². The summed E-state index contributed by atoms with van der Waals surface area (Å²) >= 11 is 0. The summed E-state index contributed by atoms with van der Waals surface area (Å²) in [6.45, 7) is 1.77. The molecule has 0 fully saturated rings. The van der Waals surface area contributed by atoms with Gasteiger partial charge in [0.25, 0.3) is 0 Å². The van der Waals surface area contributed by atoms with Crippen LogP contribution in [-0.2, 0) is 4.84 Å². The number of nitrogens with two attached hydrogens (primary N) is 1. The van der Waals surface area contributed by atoms with E-state index in [4.69, 9.17) is 5.90 Å². The molecule has 3 heteroatoms. The molecule has 0 aliphatic rings. The van der Waals surface area contributed by atoms with Crippen LogP contribution in [0.2, 0.25) is 0 Å². The van der Waals surface area contributed by atoms with E-state index >= 15 is 0 Å². The fraction of sp³-hybridized carbons (Fsp3) is 0.333. The van der Waals surface area contributed by atoms with Gasteiger partial charge in [-0.25, -0.2) is 10.3 Å². The average Bonchev–Trinajstić information content (AvgIpc) is 2.05. The molecule has 1 unspecified atom stereocenters. The smallest absolute Gasteiger partial charge is 0.151 e. The van der Waals surface area contributed by atoms with Crippen molar-refractivity contribution in [2.75, 3.05) is 6.61 Å². The van der Waals surface area contributed by atoms with Crippen LogP contribution in [0, 0.1) is 6.92 Å². The fourth-order valence-corrected chi connectivity index (χ4v) is 1.11. The summed E-state index contributed by atoms with van der Waals surface area (Å²) in [5.74, 6) is 4.78. The first-order valence-corrected chi connectivity index (χ1v) is 3.77. The normalized spacial score (nSPS) is 12.9. The van der Waals surface area contributed by atoms with Crippen molar-refractivity contribution in [3.05, 3.63) is 35.4 Å². The first-order valence-electron chi connectivity index (χ1n) is 3.77. The Balaban J connectivity index is 2.79. The van der Waals surface area contributed by atoms with Crippen LogP contribution in [0.15, 0.2) is 24.3 Å². The van der Waals surface area contributed by atoms with Gasteiger partial charge in [-0.15, -0.1) is 0 Å². The minimum Gasteiger partial charge on any atom is -0.301 e. The Hall–Kier alpha value is -0.930. The molecule has 1 rings (SSSR count). The van der Waals surface area contributed by atoms with Gasteiger partial charge in [0.2, 0.25) is 0 Å². The molecule has 0 saturated heterocycles. The van der Waals surface area contributed by atoms with E-state index in [1.54, 1.807) is 12.1 Å². The summed E-state index contributed by atoms with van der Waals surface area (Å²) in [5, 5.41) is 0. The number of halogens is 1. The highest BCUT2D eigenvalue weighted by Gasteiger charge is 2.10. The molecule has 1 aromatic rings. The van der Waals surface area contributed by atoms with Crippen LogP contribution in [0.1, 0.15) is 17.3 Å². The standard InChI is InChI=1S/C9H12FNO/c1-7-4-2-3-5-8(7)9(10)6-12-11/h2-5,9H,6,11H2,1H3. The zero-order chi connectivity index (χ0) is 8.97. The highest BCUT2D eigenvalue weighted by atomic mass is 19.1. The lowest BCUT2D eigenvalue weighted by Gasteiger charge is -2.09. The molecule has 1 aromatic carbocycles. The molecule has 0 aliphatic heterocycles. The minimum absolute atomic E-state index is 0.0924. The van der Waals surface area contributed by atoms with Gasteiger partial charge in [0.05, 0.1) is 0 Å². The number of alkyl halides is 1. The highest BCUT2D eigenvalue weighted by molar-refractivity contribution is 5.27. The van der Waals surface area contributed by atoms with E-state index in [2.05, 4.69) is 4.84 Å². The summed E-state index contributed by atoms with van der Waals surface area (Å²) in [4.78, 5) is 4.24. The highest BCUT2D eigenvalue weighted by Crippen LogP contribution is 2.20. The van der Waals surface area contributed by atoms with E-state index in [1.165, 1.54) is 0 Å². The molecular weight excluding hydrogens is 157 g/mol. The van der Waals surface area contributed by atoms with E-state index < -0.39 is 6.17 Å². The quantitative estimate of drug-likeness (QED) is 0.701. The second kappa shape index (κ2) is 4.18. The van der Waals surface area contributed by atoms with Gasteiger partial charge in [-0.1, -0.05) is 24.3 Å². The first kappa shape index (κ1) is 9.16. The maximum Gasteiger partial charge on any atom is 0.151 e. The van der Waals surface area contributed by atoms with Crippen molar-refractivity contribution in [1.82, 2.24) is 0 Å². The van der Waals surface area contributed by atoms with Crippen molar-refractivity contribution >= 4 is 0 Å². The maximum atomic E-state index is 13.2. The van der Waals surface area contributed by atoms with Crippen LogP contribution < -0.4 is 5.90 Å². The zero-order valence-corrected chi connectivity index (χ0v) is 6.96. The lowest BCUT2D eigenvalue weighted by molar-refractivity contribution is 0.0814. The van der Waals surface area contributed by atoms with E-state index in [0.717, 1.165) is 5.56 Å². The summed E-state index contributed by atoms with van der Waals surface area (Å²) in [5.41, 5.74) is 1.56. The van der Waals surface area contributed by atoms with Crippen molar-refractivity contribution in [1.29, 1.82) is 0 Å². The summed E-state index contributed by atoms with van der Waals surface area (Å²) in [7, 11) is 0. The molecule has 0 bridgehead atoms. The van der Waals surface area contributed by atoms with Crippen molar-refractivity contribution in [3.63, 3.8) is 0 Å². The Labute approximate surface area is 71.1 Å².